The molecular formula is C12H9Br3OS. The Bertz CT molecular complexity index is 531. The highest BCUT2D eigenvalue weighted by atomic mass is 79.9. The Kier molecular flexibility index (Phi) is 4.47. The molecule has 2 aromatic rings. The van der Waals surface area contributed by atoms with Gasteiger partial charge in [-0.2, -0.15) is 0 Å². The van der Waals surface area contributed by atoms with E-state index >= 15 is 0 Å². The summed E-state index contributed by atoms with van der Waals surface area (Å²) in [6, 6.07) is 7.80. The van der Waals surface area contributed by atoms with Crippen LogP contribution in [0.4, 0.5) is 0 Å². The van der Waals surface area contributed by atoms with Crippen molar-refractivity contribution in [2.45, 2.75) is 13.0 Å². The van der Waals surface area contributed by atoms with Crippen LogP contribution in [0.2, 0.25) is 0 Å². The third kappa shape index (κ3) is 3.01. The minimum absolute atomic E-state index is 0.600. The Morgan fingerprint density at radius 2 is 1.88 bits per heavy atom. The van der Waals surface area contributed by atoms with Crippen molar-refractivity contribution in [3.8, 4) is 0 Å². The van der Waals surface area contributed by atoms with E-state index in [2.05, 4.69) is 47.8 Å². The summed E-state index contributed by atoms with van der Waals surface area (Å²) in [5.74, 6) is 0. The fourth-order valence-corrected chi connectivity index (χ4v) is 3.91. The van der Waals surface area contributed by atoms with Gasteiger partial charge in [-0.1, -0.05) is 31.9 Å². The SMILES string of the molecule is Cc1cc(C(O)c2cc(Br)ccc2Br)sc1Br. The summed E-state index contributed by atoms with van der Waals surface area (Å²) in [5.41, 5.74) is 2.02. The minimum atomic E-state index is -0.600. The average molecular weight is 441 g/mol. The van der Waals surface area contributed by atoms with Gasteiger partial charge in [0.15, 0.2) is 0 Å². The number of hydrogen-bond donors (Lipinski definition) is 1. The van der Waals surface area contributed by atoms with Crippen LogP contribution < -0.4 is 0 Å². The molecule has 0 aliphatic rings. The minimum Gasteiger partial charge on any atom is -0.383 e. The van der Waals surface area contributed by atoms with Gasteiger partial charge in [0.1, 0.15) is 6.10 Å². The van der Waals surface area contributed by atoms with Crippen LogP contribution in [-0.4, -0.2) is 5.11 Å². The number of aliphatic hydroxyl groups excluding tert-OH is 1. The molecule has 90 valence electrons. The largest absolute Gasteiger partial charge is 0.383 e. The summed E-state index contributed by atoms with van der Waals surface area (Å²) < 4.78 is 2.94. The number of hydrogen-bond acceptors (Lipinski definition) is 2. The predicted octanol–water partition coefficient (Wildman–Crippen LogP) is 5.43. The van der Waals surface area contributed by atoms with E-state index in [-0.39, 0.29) is 0 Å². The standard InChI is InChI=1S/C12H9Br3OS/c1-6-4-10(17-12(6)15)11(16)8-5-7(13)2-3-9(8)14/h2-5,11,16H,1H3. The van der Waals surface area contributed by atoms with Gasteiger partial charge in [-0.05, 0) is 52.7 Å². The monoisotopic (exact) mass is 438 g/mol. The second-order valence-electron chi connectivity index (χ2n) is 3.67. The maximum atomic E-state index is 10.4. The number of halogens is 3. The van der Waals surface area contributed by atoms with E-state index in [1.807, 2.05) is 31.2 Å². The van der Waals surface area contributed by atoms with E-state index in [1.54, 1.807) is 11.3 Å². The second kappa shape index (κ2) is 5.53. The highest BCUT2D eigenvalue weighted by Crippen LogP contribution is 2.37. The van der Waals surface area contributed by atoms with Crippen molar-refractivity contribution in [1.29, 1.82) is 0 Å². The van der Waals surface area contributed by atoms with Gasteiger partial charge < -0.3 is 5.11 Å². The van der Waals surface area contributed by atoms with E-state index in [1.165, 1.54) is 0 Å². The van der Waals surface area contributed by atoms with Crippen LogP contribution in [0.25, 0.3) is 0 Å². The molecule has 1 unspecified atom stereocenters. The first-order valence-electron chi connectivity index (χ1n) is 4.88. The van der Waals surface area contributed by atoms with Crippen molar-refractivity contribution >= 4 is 59.1 Å². The van der Waals surface area contributed by atoms with Crippen LogP contribution in [0, 0.1) is 6.92 Å². The van der Waals surface area contributed by atoms with E-state index < -0.39 is 6.10 Å². The third-order valence-electron chi connectivity index (χ3n) is 2.40. The van der Waals surface area contributed by atoms with Crippen LogP contribution in [-0.2, 0) is 0 Å². The Morgan fingerprint density at radius 1 is 1.18 bits per heavy atom. The first-order valence-corrected chi connectivity index (χ1v) is 8.07. The fourth-order valence-electron chi connectivity index (χ4n) is 1.50. The van der Waals surface area contributed by atoms with Gasteiger partial charge in [-0.15, -0.1) is 11.3 Å². The Morgan fingerprint density at radius 3 is 2.47 bits per heavy atom. The average Bonchev–Trinajstić information content (AvgIpc) is 2.62. The molecule has 1 N–H and O–H groups in total. The topological polar surface area (TPSA) is 20.2 Å². The molecule has 17 heavy (non-hydrogen) atoms. The van der Waals surface area contributed by atoms with Gasteiger partial charge in [0, 0.05) is 19.4 Å². The molecule has 0 aliphatic carbocycles. The van der Waals surface area contributed by atoms with E-state index in [0.29, 0.717) is 0 Å². The van der Waals surface area contributed by atoms with Gasteiger partial charge >= 0.3 is 0 Å². The van der Waals surface area contributed by atoms with Crippen molar-refractivity contribution in [2.24, 2.45) is 0 Å². The molecule has 1 atom stereocenters. The highest BCUT2D eigenvalue weighted by Gasteiger charge is 2.17. The molecule has 0 spiro atoms. The lowest BCUT2D eigenvalue weighted by molar-refractivity contribution is 0.223. The fraction of sp³-hybridized carbons (Fsp3) is 0.167. The molecule has 1 aromatic heterocycles. The van der Waals surface area contributed by atoms with Gasteiger partial charge in [-0.25, -0.2) is 0 Å². The Hall–Kier alpha value is 0.320. The zero-order chi connectivity index (χ0) is 12.6. The zero-order valence-corrected chi connectivity index (χ0v) is 14.5. The lowest BCUT2D eigenvalue weighted by Gasteiger charge is -2.11. The molecule has 0 bridgehead atoms. The molecule has 5 heteroatoms. The van der Waals surface area contributed by atoms with Gasteiger partial charge in [0.2, 0.25) is 0 Å². The third-order valence-corrected chi connectivity index (χ3v) is 5.80. The van der Waals surface area contributed by atoms with Crippen LogP contribution in [0.3, 0.4) is 0 Å². The number of thiophene rings is 1. The number of aliphatic hydroxyl groups is 1. The maximum absolute atomic E-state index is 10.4. The van der Waals surface area contributed by atoms with Crippen LogP contribution >= 0.6 is 59.1 Å². The summed E-state index contributed by atoms with van der Waals surface area (Å²) in [4.78, 5) is 0.938. The summed E-state index contributed by atoms with van der Waals surface area (Å²) >= 11 is 11.9. The van der Waals surface area contributed by atoms with Crippen molar-refractivity contribution in [3.05, 3.63) is 53.0 Å². The Labute approximate surface area is 129 Å². The molecule has 2 rings (SSSR count). The quantitative estimate of drug-likeness (QED) is 0.660. The number of aryl methyl sites for hydroxylation is 1. The Balaban J connectivity index is 2.42. The smallest absolute Gasteiger partial charge is 0.114 e. The predicted molar refractivity (Wildman–Crippen MR) is 82.7 cm³/mol. The highest BCUT2D eigenvalue weighted by molar-refractivity contribution is 9.11. The van der Waals surface area contributed by atoms with Gasteiger partial charge in [-0.3, -0.25) is 0 Å². The molecule has 0 radical (unpaired) electrons. The summed E-state index contributed by atoms with van der Waals surface area (Å²) in [6.45, 7) is 2.02. The second-order valence-corrected chi connectivity index (χ2v) is 7.85. The molecule has 1 heterocycles. The van der Waals surface area contributed by atoms with Gasteiger partial charge in [0.25, 0.3) is 0 Å². The van der Waals surface area contributed by atoms with Gasteiger partial charge in [0.05, 0.1) is 3.79 Å². The van der Waals surface area contributed by atoms with E-state index in [0.717, 1.165) is 28.7 Å². The molecule has 1 aromatic carbocycles. The zero-order valence-electron chi connectivity index (χ0n) is 8.88. The summed E-state index contributed by atoms with van der Waals surface area (Å²) in [6.07, 6.45) is -0.600. The molecule has 0 saturated carbocycles. The van der Waals surface area contributed by atoms with E-state index in [9.17, 15) is 5.11 Å². The number of benzene rings is 1. The van der Waals surface area contributed by atoms with Crippen molar-refractivity contribution in [3.63, 3.8) is 0 Å². The summed E-state index contributed by atoms with van der Waals surface area (Å²) in [5, 5.41) is 10.4. The molecule has 0 fully saturated rings. The summed E-state index contributed by atoms with van der Waals surface area (Å²) in [7, 11) is 0. The lowest BCUT2D eigenvalue weighted by Crippen LogP contribution is -1.98. The van der Waals surface area contributed by atoms with Crippen molar-refractivity contribution < 1.29 is 5.11 Å². The molecule has 0 aliphatic heterocycles. The van der Waals surface area contributed by atoms with Crippen molar-refractivity contribution in [1.82, 2.24) is 0 Å². The molecule has 1 nitrogen and oxygen atoms in total. The van der Waals surface area contributed by atoms with Crippen LogP contribution in [0.1, 0.15) is 22.1 Å². The first-order chi connectivity index (χ1) is 7.99. The lowest BCUT2D eigenvalue weighted by atomic mass is 10.1. The first kappa shape index (κ1) is 13.7. The normalized spacial score (nSPS) is 12.8. The molecule has 0 amide bonds. The maximum Gasteiger partial charge on any atom is 0.114 e. The molecular weight excluding hydrogens is 432 g/mol. The van der Waals surface area contributed by atoms with Crippen molar-refractivity contribution in [2.75, 3.05) is 0 Å². The molecule has 0 saturated heterocycles. The van der Waals surface area contributed by atoms with Crippen LogP contribution in [0.15, 0.2) is 37.0 Å². The number of rotatable bonds is 2. The van der Waals surface area contributed by atoms with Crippen LogP contribution in [0.5, 0.6) is 0 Å². The van der Waals surface area contributed by atoms with E-state index in [4.69, 9.17) is 0 Å².